The number of carbonyl (C=O) groups is 3. The second-order valence-corrected chi connectivity index (χ2v) is 12.0. The van der Waals surface area contributed by atoms with Gasteiger partial charge in [0.2, 0.25) is 5.75 Å². The smallest absolute Gasteiger partial charge is 0.412 e. The standard InChI is InChI=1S/C37H37N3O11/c1-37(2,3)51-36(44)39-21-11-13-22(14-12-21)40-31(35(43)49-8)30(20-16-28(46-5)32(48-7)29(17-20)47-6)23-18-26(45-4)27(19-24(23)33(40)41)50-34(42)25-10-9-15-38-25/h9-19,38H,1-8H3,(H,39,44). The number of pyridine rings is 1. The van der Waals surface area contributed by atoms with Crippen molar-refractivity contribution in [2.24, 2.45) is 0 Å². The van der Waals surface area contributed by atoms with Gasteiger partial charge in [-0.05, 0) is 87.0 Å². The maximum Gasteiger partial charge on any atom is 0.412 e. The molecule has 0 saturated heterocycles. The van der Waals surface area contributed by atoms with Gasteiger partial charge in [0.05, 0.1) is 40.9 Å². The molecule has 0 radical (unpaired) electrons. The van der Waals surface area contributed by atoms with Crippen molar-refractivity contribution in [3.05, 3.63) is 88.6 Å². The van der Waals surface area contributed by atoms with E-state index >= 15 is 0 Å². The minimum absolute atomic E-state index is 0.0492. The van der Waals surface area contributed by atoms with E-state index in [9.17, 15) is 19.2 Å². The van der Waals surface area contributed by atoms with E-state index in [0.717, 1.165) is 0 Å². The van der Waals surface area contributed by atoms with Gasteiger partial charge in [-0.25, -0.2) is 14.4 Å². The van der Waals surface area contributed by atoms with Gasteiger partial charge in [-0.3, -0.25) is 14.7 Å². The van der Waals surface area contributed by atoms with Crippen molar-refractivity contribution in [3.8, 4) is 45.6 Å². The van der Waals surface area contributed by atoms with Crippen molar-refractivity contribution < 1.29 is 47.5 Å². The fraction of sp³-hybridized carbons (Fsp3) is 0.243. The second-order valence-electron chi connectivity index (χ2n) is 12.0. The molecule has 0 bridgehead atoms. The molecule has 0 aliphatic heterocycles. The molecule has 0 atom stereocenters. The molecular formula is C37H37N3O11. The maximum atomic E-state index is 14.6. The Balaban J connectivity index is 1.84. The Morgan fingerprint density at radius 3 is 1.90 bits per heavy atom. The summed E-state index contributed by atoms with van der Waals surface area (Å²) in [4.78, 5) is 56.6. The molecule has 2 N–H and O–H groups in total. The summed E-state index contributed by atoms with van der Waals surface area (Å²) in [6.45, 7) is 5.22. The number of nitrogens with one attached hydrogen (secondary N) is 2. The van der Waals surface area contributed by atoms with Gasteiger partial charge in [-0.1, -0.05) is 0 Å². The van der Waals surface area contributed by atoms with Gasteiger partial charge < -0.3 is 38.1 Å². The molecule has 5 rings (SSSR count). The summed E-state index contributed by atoms with van der Waals surface area (Å²) in [5, 5.41) is 2.96. The number of methoxy groups -OCH3 is 5. The number of ether oxygens (including phenoxy) is 7. The van der Waals surface area contributed by atoms with Gasteiger partial charge >= 0.3 is 18.0 Å². The number of rotatable bonds is 10. The average molecular weight is 700 g/mol. The lowest BCUT2D eigenvalue weighted by atomic mass is 9.95. The van der Waals surface area contributed by atoms with Gasteiger partial charge in [0.25, 0.3) is 5.56 Å². The summed E-state index contributed by atoms with van der Waals surface area (Å²) in [5.74, 6) is -0.681. The molecule has 3 aromatic carbocycles. The Labute approximate surface area is 292 Å². The largest absolute Gasteiger partial charge is 0.493 e. The molecule has 0 unspecified atom stereocenters. The summed E-state index contributed by atoms with van der Waals surface area (Å²) in [7, 11) is 6.92. The Morgan fingerprint density at radius 2 is 1.37 bits per heavy atom. The number of carbonyl (C=O) groups excluding carboxylic acids is 3. The predicted octanol–water partition coefficient (Wildman–Crippen LogP) is 6.37. The average Bonchev–Trinajstić information content (AvgIpc) is 3.65. The number of esters is 2. The maximum absolute atomic E-state index is 14.6. The molecular weight excluding hydrogens is 662 g/mol. The van der Waals surface area contributed by atoms with Gasteiger partial charge in [0, 0.05) is 28.5 Å². The minimum atomic E-state index is -0.852. The molecule has 0 fully saturated rings. The first-order chi connectivity index (χ1) is 24.3. The van der Waals surface area contributed by atoms with Crippen molar-refractivity contribution in [3.63, 3.8) is 0 Å². The quantitative estimate of drug-likeness (QED) is 0.123. The van der Waals surface area contributed by atoms with Crippen molar-refractivity contribution >= 4 is 34.5 Å². The fourth-order valence-corrected chi connectivity index (χ4v) is 5.43. The van der Waals surface area contributed by atoms with Crippen LogP contribution in [0.15, 0.2) is 71.7 Å². The highest BCUT2D eigenvalue weighted by Crippen LogP contribution is 2.45. The third kappa shape index (κ3) is 7.29. The zero-order chi connectivity index (χ0) is 37.0. The molecule has 14 nitrogen and oxygen atoms in total. The zero-order valence-corrected chi connectivity index (χ0v) is 29.3. The lowest BCUT2D eigenvalue weighted by molar-refractivity contribution is 0.0589. The zero-order valence-electron chi connectivity index (χ0n) is 29.3. The highest BCUT2D eigenvalue weighted by atomic mass is 16.6. The van der Waals surface area contributed by atoms with Gasteiger partial charge in [-0.15, -0.1) is 0 Å². The normalized spacial score (nSPS) is 11.1. The first kappa shape index (κ1) is 35.9. The van der Waals surface area contributed by atoms with E-state index in [2.05, 4.69) is 10.3 Å². The van der Waals surface area contributed by atoms with Crippen molar-refractivity contribution in [2.45, 2.75) is 26.4 Å². The van der Waals surface area contributed by atoms with Crippen LogP contribution in [-0.2, 0) is 9.47 Å². The molecule has 0 saturated carbocycles. The minimum Gasteiger partial charge on any atom is -0.493 e. The number of aromatic nitrogens is 2. The summed E-state index contributed by atoms with van der Waals surface area (Å²) >= 11 is 0. The summed E-state index contributed by atoms with van der Waals surface area (Å²) < 4.78 is 39.8. The number of benzene rings is 3. The molecule has 5 aromatic rings. The van der Waals surface area contributed by atoms with Crippen LogP contribution in [0.2, 0.25) is 0 Å². The van der Waals surface area contributed by atoms with E-state index in [0.29, 0.717) is 17.0 Å². The number of nitrogens with zero attached hydrogens (tertiary/aromatic N) is 1. The van der Waals surface area contributed by atoms with Crippen LogP contribution in [-0.4, -0.2) is 68.7 Å². The summed E-state index contributed by atoms with van der Waals surface area (Å²) in [6, 6.07) is 15.5. The number of fused-ring (bicyclic) bond motifs is 1. The van der Waals surface area contributed by atoms with Crippen LogP contribution < -0.4 is 34.6 Å². The van der Waals surface area contributed by atoms with E-state index in [-0.39, 0.29) is 56.4 Å². The molecule has 0 aliphatic carbocycles. The van der Waals surface area contributed by atoms with Crippen LogP contribution in [0, 0.1) is 0 Å². The lowest BCUT2D eigenvalue weighted by Crippen LogP contribution is -2.28. The van der Waals surface area contributed by atoms with E-state index < -0.39 is 29.2 Å². The van der Waals surface area contributed by atoms with Crippen LogP contribution in [0.5, 0.6) is 28.7 Å². The second kappa shape index (κ2) is 14.6. The van der Waals surface area contributed by atoms with E-state index in [4.69, 9.17) is 33.2 Å². The van der Waals surface area contributed by atoms with Crippen molar-refractivity contribution in [1.82, 2.24) is 9.55 Å². The predicted molar refractivity (Wildman–Crippen MR) is 188 cm³/mol. The van der Waals surface area contributed by atoms with Crippen LogP contribution in [0.3, 0.4) is 0 Å². The molecule has 2 heterocycles. The fourth-order valence-electron chi connectivity index (χ4n) is 5.43. The van der Waals surface area contributed by atoms with Crippen molar-refractivity contribution in [1.29, 1.82) is 0 Å². The van der Waals surface area contributed by atoms with Crippen LogP contribution in [0.1, 0.15) is 41.7 Å². The van der Waals surface area contributed by atoms with E-state index in [1.54, 1.807) is 69.4 Å². The Bertz CT molecular complexity index is 2140. The highest BCUT2D eigenvalue weighted by Gasteiger charge is 2.29. The van der Waals surface area contributed by atoms with Gasteiger partial charge in [0.15, 0.2) is 23.0 Å². The Morgan fingerprint density at radius 1 is 0.745 bits per heavy atom. The lowest BCUT2D eigenvalue weighted by Gasteiger charge is -2.22. The SMILES string of the molecule is COC(=O)c1c(-c2cc(OC)c(OC)c(OC)c2)c2cc(OC)c(OC(=O)c3ccc[nH]3)cc2c(=O)n1-c1ccc(NC(=O)OC(C)(C)C)cc1. The van der Waals surface area contributed by atoms with Gasteiger partial charge in [-0.2, -0.15) is 0 Å². The van der Waals surface area contributed by atoms with Crippen LogP contribution in [0.4, 0.5) is 10.5 Å². The first-order valence-corrected chi connectivity index (χ1v) is 15.5. The van der Waals surface area contributed by atoms with Crippen LogP contribution >= 0.6 is 0 Å². The monoisotopic (exact) mass is 699 g/mol. The van der Waals surface area contributed by atoms with E-state index in [1.165, 1.54) is 58.3 Å². The Hall–Kier alpha value is -6.44. The Kier molecular flexibility index (Phi) is 10.3. The first-order valence-electron chi connectivity index (χ1n) is 15.5. The molecule has 266 valence electrons. The number of amides is 1. The van der Waals surface area contributed by atoms with Crippen LogP contribution in [0.25, 0.3) is 27.6 Å². The number of aromatic amines is 1. The molecule has 0 aliphatic rings. The summed E-state index contributed by atoms with van der Waals surface area (Å²) in [5.41, 5.74) is -0.144. The third-order valence-electron chi connectivity index (χ3n) is 7.59. The molecule has 51 heavy (non-hydrogen) atoms. The third-order valence-corrected chi connectivity index (χ3v) is 7.59. The summed E-state index contributed by atoms with van der Waals surface area (Å²) in [6.07, 6.45) is 0.896. The molecule has 2 aromatic heterocycles. The molecule has 14 heteroatoms. The van der Waals surface area contributed by atoms with Crippen molar-refractivity contribution in [2.75, 3.05) is 40.9 Å². The van der Waals surface area contributed by atoms with Gasteiger partial charge in [0.1, 0.15) is 17.0 Å². The molecule has 1 amide bonds. The molecule has 0 spiro atoms. The number of hydrogen-bond acceptors (Lipinski definition) is 11. The number of hydrogen-bond donors (Lipinski definition) is 2. The highest BCUT2D eigenvalue weighted by molar-refractivity contribution is 6.08. The number of anilines is 1. The topological polar surface area (TPSA) is 166 Å². The van der Waals surface area contributed by atoms with E-state index in [1.807, 2.05) is 0 Å². The number of H-pyrrole nitrogens is 1.